The molecule has 0 saturated carbocycles. The van der Waals surface area contributed by atoms with Crippen molar-refractivity contribution in [1.82, 2.24) is 9.80 Å². The Morgan fingerprint density at radius 2 is 1.78 bits per heavy atom. The number of oxime groups is 1. The monoisotopic (exact) mass is 535 g/mol. The van der Waals surface area contributed by atoms with Crippen LogP contribution >= 0.6 is 11.6 Å². The number of aryl methyl sites for hydroxylation is 2. The molecular weight excluding hydrogens is 511 g/mol. The molecule has 37 heavy (non-hydrogen) atoms. The van der Waals surface area contributed by atoms with E-state index in [1.54, 1.807) is 25.1 Å². The van der Waals surface area contributed by atoms with Crippen LogP contribution in [0.3, 0.4) is 0 Å². The highest BCUT2D eigenvalue weighted by Gasteiger charge is 2.39. The van der Waals surface area contributed by atoms with Gasteiger partial charge in [-0.1, -0.05) is 28.9 Å². The van der Waals surface area contributed by atoms with Crippen LogP contribution in [-0.2, 0) is 20.0 Å². The van der Waals surface area contributed by atoms with E-state index in [0.29, 0.717) is 27.6 Å². The number of piperazine rings is 1. The lowest BCUT2D eigenvalue weighted by molar-refractivity contribution is -0.157. The maximum absolute atomic E-state index is 13.1. The molecule has 1 atom stereocenters. The lowest BCUT2D eigenvalue weighted by Crippen LogP contribution is -2.56. The van der Waals surface area contributed by atoms with Crippen molar-refractivity contribution >= 4 is 35.0 Å². The van der Waals surface area contributed by atoms with E-state index >= 15 is 0 Å². The molecule has 0 aromatic heterocycles. The summed E-state index contributed by atoms with van der Waals surface area (Å²) in [5, 5.41) is 4.87. The summed E-state index contributed by atoms with van der Waals surface area (Å²) in [6.07, 6.45) is -5.31. The van der Waals surface area contributed by atoms with E-state index in [4.69, 9.17) is 16.4 Å². The first-order valence-electron chi connectivity index (χ1n) is 11.6. The van der Waals surface area contributed by atoms with Gasteiger partial charge < -0.3 is 9.74 Å². The molecule has 0 radical (unpaired) electrons. The molecule has 7 nitrogen and oxygen atoms in total. The topological polar surface area (TPSA) is 79.3 Å². The Bertz CT molecular complexity index is 1270. The second-order valence-electron chi connectivity index (χ2n) is 9.55. The van der Waals surface area contributed by atoms with Gasteiger partial charge in [0.2, 0.25) is 11.8 Å². The molecule has 2 aliphatic heterocycles. The highest BCUT2D eigenvalue weighted by atomic mass is 35.5. The van der Waals surface area contributed by atoms with Gasteiger partial charge in [0.05, 0.1) is 12.1 Å². The molecule has 4 rings (SSSR count). The first kappa shape index (κ1) is 26.7. The number of carbonyl (C=O) groups excluding carboxylic acids is 3. The van der Waals surface area contributed by atoms with Gasteiger partial charge in [-0.25, -0.2) is 0 Å². The van der Waals surface area contributed by atoms with Crippen molar-refractivity contribution in [3.8, 4) is 0 Å². The summed E-state index contributed by atoms with van der Waals surface area (Å²) in [5.41, 5.74) is 3.49. The predicted octanol–water partition coefficient (Wildman–Crippen LogP) is 4.76. The number of alkyl halides is 3. The molecule has 2 aromatic rings. The average Bonchev–Trinajstić information content (AvgIpc) is 3.20. The zero-order valence-corrected chi connectivity index (χ0v) is 21.2. The molecule has 0 spiro atoms. The van der Waals surface area contributed by atoms with E-state index in [-0.39, 0.29) is 5.56 Å². The molecule has 196 valence electrons. The standard InChI is InChI=1S/C26H25ClF3N3O4/c1-15-8-18(11-19(27)9-15)25(3)12-21(31-37-25)17-4-5-20(16(2)10-17)24(36)32-13-22(34)33(23(35)14-32)7-6-26(28,29)30/h4-5,8-11H,6-7,12-14H2,1-3H3. The lowest BCUT2D eigenvalue weighted by Gasteiger charge is -2.33. The van der Waals surface area contributed by atoms with Gasteiger partial charge in [-0.15, -0.1) is 0 Å². The molecule has 1 unspecified atom stereocenters. The Labute approximate surface area is 216 Å². The molecular formula is C26H25ClF3N3O4. The number of amides is 3. The minimum Gasteiger partial charge on any atom is -0.384 e. The summed E-state index contributed by atoms with van der Waals surface area (Å²) in [6, 6.07) is 10.7. The molecule has 0 bridgehead atoms. The molecule has 1 saturated heterocycles. The molecule has 3 amide bonds. The summed E-state index contributed by atoms with van der Waals surface area (Å²) < 4.78 is 37.5. The van der Waals surface area contributed by atoms with Crippen LogP contribution in [0.5, 0.6) is 0 Å². The number of rotatable bonds is 5. The average molecular weight is 536 g/mol. The lowest BCUT2D eigenvalue weighted by atomic mass is 9.88. The van der Waals surface area contributed by atoms with Crippen molar-refractivity contribution in [3.05, 3.63) is 69.2 Å². The normalized spacial score (nSPS) is 20.2. The number of benzene rings is 2. The van der Waals surface area contributed by atoms with Crippen molar-refractivity contribution < 1.29 is 32.4 Å². The van der Waals surface area contributed by atoms with Gasteiger partial charge in [-0.05, 0) is 67.3 Å². The number of imide groups is 1. The molecule has 1 fully saturated rings. The van der Waals surface area contributed by atoms with Gasteiger partial charge in [-0.2, -0.15) is 13.2 Å². The third-order valence-electron chi connectivity index (χ3n) is 6.47. The summed E-state index contributed by atoms with van der Waals surface area (Å²) in [6.45, 7) is 3.88. The molecule has 2 aromatic carbocycles. The third kappa shape index (κ3) is 5.79. The summed E-state index contributed by atoms with van der Waals surface area (Å²) in [4.78, 5) is 45.1. The molecule has 0 N–H and O–H groups in total. The maximum atomic E-state index is 13.1. The second kappa shape index (κ2) is 9.81. The fourth-order valence-electron chi connectivity index (χ4n) is 4.47. The molecule has 2 aliphatic rings. The van der Waals surface area contributed by atoms with Crippen LogP contribution in [0, 0.1) is 13.8 Å². The van der Waals surface area contributed by atoms with Crippen LogP contribution in [0.15, 0.2) is 41.6 Å². The van der Waals surface area contributed by atoms with Crippen molar-refractivity contribution in [2.45, 2.75) is 45.4 Å². The number of carbonyl (C=O) groups is 3. The number of hydrogen-bond donors (Lipinski definition) is 0. The van der Waals surface area contributed by atoms with Crippen LogP contribution in [0.2, 0.25) is 5.02 Å². The van der Waals surface area contributed by atoms with Gasteiger partial charge in [0.25, 0.3) is 5.91 Å². The van der Waals surface area contributed by atoms with Crippen molar-refractivity contribution in [2.75, 3.05) is 19.6 Å². The zero-order valence-electron chi connectivity index (χ0n) is 20.5. The van der Waals surface area contributed by atoms with E-state index in [1.165, 1.54) is 0 Å². The Hall–Kier alpha value is -3.40. The van der Waals surface area contributed by atoms with Crippen LogP contribution in [0.25, 0.3) is 0 Å². The highest BCUT2D eigenvalue weighted by molar-refractivity contribution is 6.30. The number of halogens is 4. The molecule has 2 heterocycles. The van der Waals surface area contributed by atoms with E-state index < -0.39 is 55.6 Å². The minimum atomic E-state index is -4.49. The van der Waals surface area contributed by atoms with E-state index in [2.05, 4.69) is 5.16 Å². The van der Waals surface area contributed by atoms with Gasteiger partial charge in [-0.3, -0.25) is 19.3 Å². The third-order valence-corrected chi connectivity index (χ3v) is 6.68. The fourth-order valence-corrected chi connectivity index (χ4v) is 4.76. The maximum Gasteiger partial charge on any atom is 0.390 e. The van der Waals surface area contributed by atoms with Gasteiger partial charge in [0.15, 0.2) is 5.60 Å². The van der Waals surface area contributed by atoms with Crippen molar-refractivity contribution in [3.63, 3.8) is 0 Å². The van der Waals surface area contributed by atoms with Gasteiger partial charge in [0, 0.05) is 23.6 Å². The first-order chi connectivity index (χ1) is 17.3. The summed E-state index contributed by atoms with van der Waals surface area (Å²) in [5.74, 6) is -2.22. The quantitative estimate of drug-likeness (QED) is 0.517. The molecule has 11 heteroatoms. The Kier molecular flexibility index (Phi) is 7.07. The minimum absolute atomic E-state index is 0.279. The largest absolute Gasteiger partial charge is 0.390 e. The van der Waals surface area contributed by atoms with E-state index in [0.717, 1.165) is 21.6 Å². The Morgan fingerprint density at radius 1 is 1.11 bits per heavy atom. The SMILES string of the molecule is Cc1cc(Cl)cc(C2(C)CC(c3ccc(C(=O)N4CC(=O)N(CCC(F)(F)F)C(=O)C4)c(C)c3)=NO2)c1. The van der Waals surface area contributed by atoms with E-state index in [1.807, 2.05) is 32.0 Å². The van der Waals surface area contributed by atoms with Crippen molar-refractivity contribution in [2.24, 2.45) is 5.16 Å². The first-order valence-corrected chi connectivity index (χ1v) is 12.0. The predicted molar refractivity (Wildman–Crippen MR) is 130 cm³/mol. The second-order valence-corrected chi connectivity index (χ2v) is 9.99. The number of nitrogens with zero attached hydrogens (tertiary/aromatic N) is 3. The number of hydrogen-bond acceptors (Lipinski definition) is 5. The summed E-state index contributed by atoms with van der Waals surface area (Å²) in [7, 11) is 0. The smallest absolute Gasteiger partial charge is 0.384 e. The van der Waals surface area contributed by atoms with Crippen LogP contribution < -0.4 is 0 Å². The van der Waals surface area contributed by atoms with Crippen LogP contribution in [-0.4, -0.2) is 59.0 Å². The molecule has 0 aliphatic carbocycles. The van der Waals surface area contributed by atoms with Crippen LogP contribution in [0.4, 0.5) is 13.2 Å². The Balaban J connectivity index is 1.46. The van der Waals surface area contributed by atoms with E-state index in [9.17, 15) is 27.6 Å². The van der Waals surface area contributed by atoms with Crippen molar-refractivity contribution in [1.29, 1.82) is 0 Å². The van der Waals surface area contributed by atoms with Gasteiger partial charge >= 0.3 is 6.18 Å². The fraction of sp³-hybridized carbons (Fsp3) is 0.385. The summed E-state index contributed by atoms with van der Waals surface area (Å²) >= 11 is 6.22. The van der Waals surface area contributed by atoms with Crippen LogP contribution in [0.1, 0.15) is 52.4 Å². The zero-order chi connectivity index (χ0) is 27.1. The van der Waals surface area contributed by atoms with Gasteiger partial charge in [0.1, 0.15) is 13.1 Å². The Morgan fingerprint density at radius 3 is 2.38 bits per heavy atom. The highest BCUT2D eigenvalue weighted by Crippen LogP contribution is 2.37.